The number of carbonyl (C=O) groups is 2. The van der Waals surface area contributed by atoms with Gasteiger partial charge in [-0.2, -0.15) is 0 Å². The summed E-state index contributed by atoms with van der Waals surface area (Å²) < 4.78 is 0. The fraction of sp³-hybridized carbons (Fsp3) is 0.435. The molecule has 5 nitrogen and oxygen atoms in total. The van der Waals surface area contributed by atoms with Crippen LogP contribution in [0.4, 0.5) is 0 Å². The predicted molar refractivity (Wildman–Crippen MR) is 107 cm³/mol. The molecule has 2 aliphatic rings. The first-order valence-electron chi connectivity index (χ1n) is 10.2. The molecule has 2 amide bonds. The standard InChI is InChI=1S/C23H27N3O2/c27-22-15-20(17-25(22)16-18-7-3-1-4-8-18)23(28)26-14-6-2-5-9-21(26)19-10-12-24-13-11-19/h1,3-4,7-8,10-13,20-21H,2,5-6,9,14-17H2. The van der Waals surface area contributed by atoms with E-state index in [1.807, 2.05) is 52.3 Å². The van der Waals surface area contributed by atoms with Crippen molar-refractivity contribution in [3.63, 3.8) is 0 Å². The Balaban J connectivity index is 1.48. The molecule has 0 spiro atoms. The maximum absolute atomic E-state index is 13.4. The van der Waals surface area contributed by atoms with E-state index in [0.29, 0.717) is 19.5 Å². The molecule has 28 heavy (non-hydrogen) atoms. The molecule has 0 N–H and O–H groups in total. The molecular weight excluding hydrogens is 350 g/mol. The maximum atomic E-state index is 13.4. The van der Waals surface area contributed by atoms with Gasteiger partial charge in [-0.15, -0.1) is 0 Å². The molecule has 2 saturated heterocycles. The molecule has 2 atom stereocenters. The molecule has 5 heteroatoms. The van der Waals surface area contributed by atoms with Gasteiger partial charge in [-0.05, 0) is 36.1 Å². The molecule has 2 unspecified atom stereocenters. The molecule has 1 aromatic carbocycles. The van der Waals surface area contributed by atoms with Crippen LogP contribution in [0.25, 0.3) is 0 Å². The maximum Gasteiger partial charge on any atom is 0.228 e. The molecule has 3 heterocycles. The molecule has 2 aromatic rings. The smallest absolute Gasteiger partial charge is 0.228 e. The largest absolute Gasteiger partial charge is 0.338 e. The van der Waals surface area contributed by atoms with E-state index < -0.39 is 0 Å². The first kappa shape index (κ1) is 18.7. The van der Waals surface area contributed by atoms with E-state index in [4.69, 9.17) is 0 Å². The number of nitrogens with zero attached hydrogens (tertiary/aromatic N) is 3. The molecule has 0 radical (unpaired) electrons. The van der Waals surface area contributed by atoms with Crippen LogP contribution in [0, 0.1) is 5.92 Å². The number of aromatic nitrogens is 1. The number of hydrogen-bond acceptors (Lipinski definition) is 3. The third kappa shape index (κ3) is 4.08. The number of hydrogen-bond donors (Lipinski definition) is 0. The summed E-state index contributed by atoms with van der Waals surface area (Å²) in [6.07, 6.45) is 8.19. The summed E-state index contributed by atoms with van der Waals surface area (Å²) in [6.45, 7) is 1.87. The Labute approximate surface area is 166 Å². The molecule has 1 aromatic heterocycles. The average Bonchev–Trinajstić information content (AvgIpc) is 2.94. The van der Waals surface area contributed by atoms with Gasteiger partial charge in [0, 0.05) is 38.4 Å². The fourth-order valence-corrected chi connectivity index (χ4v) is 4.43. The Morgan fingerprint density at radius 2 is 1.82 bits per heavy atom. The molecule has 2 fully saturated rings. The second kappa shape index (κ2) is 8.55. The third-order valence-electron chi connectivity index (χ3n) is 5.91. The van der Waals surface area contributed by atoms with Crippen molar-refractivity contribution in [3.05, 3.63) is 66.0 Å². The highest BCUT2D eigenvalue weighted by Gasteiger charge is 2.38. The van der Waals surface area contributed by atoms with Crippen molar-refractivity contribution >= 4 is 11.8 Å². The van der Waals surface area contributed by atoms with Gasteiger partial charge in [-0.3, -0.25) is 14.6 Å². The Morgan fingerprint density at radius 3 is 2.61 bits per heavy atom. The Hall–Kier alpha value is -2.69. The molecule has 0 aliphatic carbocycles. The summed E-state index contributed by atoms with van der Waals surface area (Å²) >= 11 is 0. The molecule has 0 bridgehead atoms. The first-order chi connectivity index (χ1) is 13.7. The van der Waals surface area contributed by atoms with Crippen LogP contribution in [0.5, 0.6) is 0 Å². The Kier molecular flexibility index (Phi) is 5.70. The SMILES string of the molecule is O=C1CC(C(=O)N2CCCCCC2c2ccncc2)CN1Cc1ccccc1. The van der Waals surface area contributed by atoms with Crippen molar-refractivity contribution in [1.29, 1.82) is 0 Å². The van der Waals surface area contributed by atoms with Crippen LogP contribution < -0.4 is 0 Å². The van der Waals surface area contributed by atoms with Gasteiger partial charge in [0.15, 0.2) is 0 Å². The average molecular weight is 377 g/mol. The minimum atomic E-state index is -0.237. The molecule has 146 valence electrons. The quantitative estimate of drug-likeness (QED) is 0.818. The summed E-state index contributed by atoms with van der Waals surface area (Å²) in [4.78, 5) is 33.9. The number of pyridine rings is 1. The molecule has 4 rings (SSSR count). The van der Waals surface area contributed by atoms with E-state index in [-0.39, 0.29) is 23.8 Å². The summed E-state index contributed by atoms with van der Waals surface area (Å²) in [5.41, 5.74) is 2.25. The third-order valence-corrected chi connectivity index (χ3v) is 5.91. The van der Waals surface area contributed by atoms with Crippen LogP contribution in [-0.2, 0) is 16.1 Å². The van der Waals surface area contributed by atoms with Crippen LogP contribution in [0.1, 0.15) is 49.3 Å². The normalized spacial score (nSPS) is 22.9. The number of rotatable bonds is 4. The lowest BCUT2D eigenvalue weighted by Crippen LogP contribution is -2.40. The first-order valence-corrected chi connectivity index (χ1v) is 10.2. The fourth-order valence-electron chi connectivity index (χ4n) is 4.43. The second-order valence-corrected chi connectivity index (χ2v) is 7.84. The zero-order valence-corrected chi connectivity index (χ0v) is 16.2. The van der Waals surface area contributed by atoms with Gasteiger partial charge in [-0.25, -0.2) is 0 Å². The van der Waals surface area contributed by atoms with Crippen molar-refractivity contribution in [2.45, 2.75) is 44.7 Å². The number of benzene rings is 1. The summed E-state index contributed by atoms with van der Waals surface area (Å²) in [5, 5.41) is 0. The molecule has 2 aliphatic heterocycles. The Morgan fingerprint density at radius 1 is 1.04 bits per heavy atom. The zero-order valence-electron chi connectivity index (χ0n) is 16.2. The van der Waals surface area contributed by atoms with Crippen molar-refractivity contribution in [3.8, 4) is 0 Å². The lowest BCUT2D eigenvalue weighted by molar-refractivity contribution is -0.138. The van der Waals surface area contributed by atoms with Crippen molar-refractivity contribution in [1.82, 2.24) is 14.8 Å². The van der Waals surface area contributed by atoms with Crippen LogP contribution in [0.2, 0.25) is 0 Å². The van der Waals surface area contributed by atoms with Gasteiger partial charge < -0.3 is 9.80 Å². The van der Waals surface area contributed by atoms with E-state index in [1.54, 1.807) is 12.4 Å². The van der Waals surface area contributed by atoms with E-state index in [0.717, 1.165) is 43.4 Å². The van der Waals surface area contributed by atoms with Crippen LogP contribution in [0.15, 0.2) is 54.9 Å². The summed E-state index contributed by atoms with van der Waals surface area (Å²) in [7, 11) is 0. The van der Waals surface area contributed by atoms with Crippen LogP contribution in [0.3, 0.4) is 0 Å². The van der Waals surface area contributed by atoms with E-state index in [2.05, 4.69) is 4.98 Å². The van der Waals surface area contributed by atoms with E-state index in [9.17, 15) is 9.59 Å². The number of amides is 2. The van der Waals surface area contributed by atoms with E-state index >= 15 is 0 Å². The number of likely N-dealkylation sites (tertiary alicyclic amines) is 2. The van der Waals surface area contributed by atoms with Gasteiger partial charge in [-0.1, -0.05) is 43.2 Å². The van der Waals surface area contributed by atoms with Crippen molar-refractivity contribution in [2.75, 3.05) is 13.1 Å². The minimum absolute atomic E-state index is 0.0810. The van der Waals surface area contributed by atoms with Gasteiger partial charge in [0.1, 0.15) is 0 Å². The van der Waals surface area contributed by atoms with E-state index in [1.165, 1.54) is 0 Å². The van der Waals surface area contributed by atoms with Crippen LogP contribution >= 0.6 is 0 Å². The molecular formula is C23H27N3O2. The van der Waals surface area contributed by atoms with Gasteiger partial charge >= 0.3 is 0 Å². The van der Waals surface area contributed by atoms with Crippen LogP contribution in [-0.4, -0.2) is 39.7 Å². The lowest BCUT2D eigenvalue weighted by atomic mass is 9.99. The number of carbonyl (C=O) groups excluding carboxylic acids is 2. The van der Waals surface area contributed by atoms with Gasteiger partial charge in [0.25, 0.3) is 0 Å². The second-order valence-electron chi connectivity index (χ2n) is 7.84. The highest BCUT2D eigenvalue weighted by atomic mass is 16.2. The summed E-state index contributed by atoms with van der Waals surface area (Å²) in [5.74, 6) is -0.0243. The Bertz CT molecular complexity index is 809. The van der Waals surface area contributed by atoms with Crippen molar-refractivity contribution in [2.24, 2.45) is 5.92 Å². The summed E-state index contributed by atoms with van der Waals surface area (Å²) in [6, 6.07) is 14.1. The predicted octanol–water partition coefficient (Wildman–Crippen LogP) is 3.57. The molecule has 0 saturated carbocycles. The zero-order chi connectivity index (χ0) is 19.3. The highest BCUT2D eigenvalue weighted by Crippen LogP contribution is 2.33. The minimum Gasteiger partial charge on any atom is -0.338 e. The monoisotopic (exact) mass is 377 g/mol. The highest BCUT2D eigenvalue weighted by molar-refractivity contribution is 5.89. The van der Waals surface area contributed by atoms with Gasteiger partial charge in [0.2, 0.25) is 11.8 Å². The van der Waals surface area contributed by atoms with Crippen molar-refractivity contribution < 1.29 is 9.59 Å². The van der Waals surface area contributed by atoms with Gasteiger partial charge in [0.05, 0.1) is 12.0 Å². The topological polar surface area (TPSA) is 53.5 Å². The lowest BCUT2D eigenvalue weighted by Gasteiger charge is -2.32.